The fourth-order valence-corrected chi connectivity index (χ4v) is 2.85. The number of benzene rings is 1. The lowest BCUT2D eigenvalue weighted by Crippen LogP contribution is -2.12. The van der Waals surface area contributed by atoms with E-state index in [2.05, 4.69) is 13.8 Å². The van der Waals surface area contributed by atoms with E-state index >= 15 is 0 Å². The quantitative estimate of drug-likeness (QED) is 0.381. The van der Waals surface area contributed by atoms with Crippen LogP contribution in [0.25, 0.3) is 0 Å². The summed E-state index contributed by atoms with van der Waals surface area (Å²) in [6, 6.07) is 2.54. The van der Waals surface area contributed by atoms with Crippen molar-refractivity contribution in [2.75, 3.05) is 6.61 Å². The second kappa shape index (κ2) is 8.12. The molecule has 0 spiro atoms. The van der Waals surface area contributed by atoms with Crippen LogP contribution < -0.4 is 4.74 Å². The molecule has 1 aromatic carbocycles. The van der Waals surface area contributed by atoms with Crippen molar-refractivity contribution in [2.24, 2.45) is 5.92 Å². The van der Waals surface area contributed by atoms with Crippen LogP contribution in [-0.2, 0) is 4.74 Å². The molecule has 144 valence electrons. The highest BCUT2D eigenvalue weighted by atomic mass is 16.6. The molecule has 1 aromatic rings. The fourth-order valence-electron chi connectivity index (χ4n) is 2.85. The molecule has 0 bridgehead atoms. The van der Waals surface area contributed by atoms with Crippen LogP contribution in [0.1, 0.15) is 64.2 Å². The van der Waals surface area contributed by atoms with Crippen molar-refractivity contribution < 1.29 is 24.5 Å². The van der Waals surface area contributed by atoms with E-state index in [4.69, 9.17) is 9.47 Å². The summed E-state index contributed by atoms with van der Waals surface area (Å²) in [5.41, 5.74) is 1.31. The van der Waals surface area contributed by atoms with Gasteiger partial charge in [-0.2, -0.15) is 0 Å². The van der Waals surface area contributed by atoms with Crippen molar-refractivity contribution in [1.82, 2.24) is 0 Å². The summed E-state index contributed by atoms with van der Waals surface area (Å²) in [5, 5.41) is 19.8. The van der Waals surface area contributed by atoms with Gasteiger partial charge in [0.05, 0.1) is 11.7 Å². The van der Waals surface area contributed by atoms with Crippen molar-refractivity contribution in [1.29, 1.82) is 0 Å². The van der Waals surface area contributed by atoms with Crippen molar-refractivity contribution >= 4 is 5.78 Å². The molecule has 1 aliphatic heterocycles. The molecule has 0 aliphatic carbocycles. The van der Waals surface area contributed by atoms with Gasteiger partial charge in [-0.1, -0.05) is 19.4 Å². The number of allylic oxidation sites excluding steroid dienone is 1. The number of hydrogen-bond donors (Lipinski definition) is 2. The summed E-state index contributed by atoms with van der Waals surface area (Å²) in [7, 11) is 0. The number of phenols is 2. The van der Waals surface area contributed by atoms with Crippen LogP contribution in [0.15, 0.2) is 23.8 Å². The highest BCUT2D eigenvalue weighted by molar-refractivity contribution is 6.02. The Morgan fingerprint density at radius 2 is 2.04 bits per heavy atom. The molecular weight excluding hydrogens is 332 g/mol. The number of carbonyl (C=O) groups is 1. The average Bonchev–Trinajstić information content (AvgIpc) is 3.18. The first-order valence-electron chi connectivity index (χ1n) is 9.22. The monoisotopic (exact) mass is 362 g/mol. The Balaban J connectivity index is 2.01. The number of hydrogen-bond acceptors (Lipinski definition) is 5. The van der Waals surface area contributed by atoms with E-state index in [0.717, 1.165) is 12.8 Å². The van der Waals surface area contributed by atoms with Gasteiger partial charge < -0.3 is 19.7 Å². The predicted molar refractivity (Wildman–Crippen MR) is 101 cm³/mol. The number of aromatic hydroxyl groups is 2. The Hall–Kier alpha value is -2.01. The Bertz CT molecular complexity index is 690. The van der Waals surface area contributed by atoms with Crippen LogP contribution in [-0.4, -0.2) is 34.3 Å². The minimum absolute atomic E-state index is 0.00110. The van der Waals surface area contributed by atoms with Crippen LogP contribution >= 0.6 is 0 Å². The first kappa shape index (κ1) is 20.3. The third kappa shape index (κ3) is 5.01. The van der Waals surface area contributed by atoms with Gasteiger partial charge in [0.15, 0.2) is 5.78 Å². The van der Waals surface area contributed by atoms with E-state index in [-0.39, 0.29) is 46.7 Å². The molecular formula is C21H30O5. The molecule has 2 rings (SSSR count). The Kier molecular flexibility index (Phi) is 6.34. The maximum Gasteiger partial charge on any atom is 0.173 e. The van der Waals surface area contributed by atoms with Gasteiger partial charge in [-0.05, 0) is 46.1 Å². The van der Waals surface area contributed by atoms with Crippen molar-refractivity contribution in [3.63, 3.8) is 0 Å². The summed E-state index contributed by atoms with van der Waals surface area (Å²) in [6.07, 6.45) is 4.82. The Morgan fingerprint density at radius 1 is 1.38 bits per heavy atom. The van der Waals surface area contributed by atoms with Crippen LogP contribution in [0.4, 0.5) is 0 Å². The SMILES string of the molecule is CCC(C)C(=O)c1c(O)cc(O)cc1OC/C=C(\C)CCC1OC1(C)C. The number of ketones is 1. The van der Waals surface area contributed by atoms with Crippen molar-refractivity contribution in [2.45, 2.75) is 65.6 Å². The van der Waals surface area contributed by atoms with E-state index in [1.165, 1.54) is 17.7 Å². The number of epoxide rings is 1. The molecule has 1 saturated heterocycles. The van der Waals surface area contributed by atoms with Gasteiger partial charge >= 0.3 is 0 Å². The number of phenolic OH excluding ortho intramolecular Hbond substituents is 2. The first-order chi connectivity index (χ1) is 12.2. The van der Waals surface area contributed by atoms with E-state index in [1.54, 1.807) is 0 Å². The van der Waals surface area contributed by atoms with Gasteiger partial charge in [0.2, 0.25) is 0 Å². The Labute approximate surface area is 155 Å². The summed E-state index contributed by atoms with van der Waals surface area (Å²) in [5.74, 6) is -0.588. The minimum Gasteiger partial charge on any atom is -0.508 e. The molecule has 2 N–H and O–H groups in total. The third-order valence-corrected chi connectivity index (χ3v) is 5.01. The topological polar surface area (TPSA) is 79.3 Å². The van der Waals surface area contributed by atoms with Crippen molar-refractivity contribution in [3.8, 4) is 17.2 Å². The fraction of sp³-hybridized carbons (Fsp3) is 0.571. The van der Waals surface area contributed by atoms with Crippen molar-refractivity contribution in [3.05, 3.63) is 29.3 Å². The molecule has 1 fully saturated rings. The summed E-state index contributed by atoms with van der Waals surface area (Å²) >= 11 is 0. The van der Waals surface area contributed by atoms with E-state index < -0.39 is 0 Å². The average molecular weight is 362 g/mol. The van der Waals surface area contributed by atoms with E-state index in [0.29, 0.717) is 12.5 Å². The zero-order valence-electron chi connectivity index (χ0n) is 16.3. The minimum atomic E-state index is -0.251. The molecule has 1 heterocycles. The normalized spacial score (nSPS) is 19.9. The lowest BCUT2D eigenvalue weighted by molar-refractivity contribution is 0.0920. The van der Waals surface area contributed by atoms with Crippen LogP contribution in [0, 0.1) is 5.92 Å². The lowest BCUT2D eigenvalue weighted by Gasteiger charge is -2.15. The number of carbonyl (C=O) groups excluding carboxylic acids is 1. The van der Waals surface area contributed by atoms with Gasteiger partial charge in [0, 0.05) is 18.1 Å². The highest BCUT2D eigenvalue weighted by Gasteiger charge is 2.46. The van der Waals surface area contributed by atoms with Gasteiger partial charge in [-0.25, -0.2) is 0 Å². The smallest absolute Gasteiger partial charge is 0.173 e. The van der Waals surface area contributed by atoms with E-state index in [9.17, 15) is 15.0 Å². The molecule has 2 atom stereocenters. The summed E-state index contributed by atoms with van der Waals surface area (Å²) in [4.78, 5) is 12.5. The molecule has 2 unspecified atom stereocenters. The molecule has 0 amide bonds. The van der Waals surface area contributed by atoms with Gasteiger partial charge in [0.25, 0.3) is 0 Å². The molecule has 0 aromatic heterocycles. The maximum absolute atomic E-state index is 12.5. The summed E-state index contributed by atoms with van der Waals surface area (Å²) in [6.45, 7) is 10.2. The maximum atomic E-state index is 12.5. The lowest BCUT2D eigenvalue weighted by atomic mass is 9.95. The van der Waals surface area contributed by atoms with Crippen LogP contribution in [0.3, 0.4) is 0 Å². The third-order valence-electron chi connectivity index (χ3n) is 5.01. The van der Waals surface area contributed by atoms with E-state index in [1.807, 2.05) is 26.8 Å². The van der Waals surface area contributed by atoms with Gasteiger partial charge in [0.1, 0.15) is 29.4 Å². The molecule has 0 radical (unpaired) electrons. The Morgan fingerprint density at radius 3 is 2.62 bits per heavy atom. The van der Waals surface area contributed by atoms with Crippen LogP contribution in [0.5, 0.6) is 17.2 Å². The van der Waals surface area contributed by atoms with Gasteiger partial charge in [-0.15, -0.1) is 0 Å². The zero-order valence-corrected chi connectivity index (χ0v) is 16.3. The molecule has 1 aliphatic rings. The number of rotatable bonds is 9. The first-order valence-corrected chi connectivity index (χ1v) is 9.22. The van der Waals surface area contributed by atoms with Gasteiger partial charge in [-0.3, -0.25) is 4.79 Å². The predicted octanol–water partition coefficient (Wildman–Crippen LogP) is 4.61. The molecule has 26 heavy (non-hydrogen) atoms. The highest BCUT2D eigenvalue weighted by Crippen LogP contribution is 2.39. The molecule has 0 saturated carbocycles. The second-order valence-electron chi connectivity index (χ2n) is 7.62. The number of ether oxygens (including phenoxy) is 2. The largest absolute Gasteiger partial charge is 0.508 e. The zero-order chi connectivity index (χ0) is 19.5. The standard InChI is InChI=1S/C21H30O5/c1-6-14(3)20(24)19-16(23)11-15(22)12-17(19)25-10-9-13(2)7-8-18-21(4,5)26-18/h9,11-12,14,18,22-23H,6-8,10H2,1-5H3/b13-9+. The summed E-state index contributed by atoms with van der Waals surface area (Å²) < 4.78 is 11.3. The molecule has 5 nitrogen and oxygen atoms in total. The second-order valence-corrected chi connectivity index (χ2v) is 7.62. The number of Topliss-reactive ketones (excluding diaryl/α,β-unsaturated/α-hetero) is 1. The molecule has 5 heteroatoms. The van der Waals surface area contributed by atoms with Crippen LogP contribution in [0.2, 0.25) is 0 Å².